The van der Waals surface area contributed by atoms with Gasteiger partial charge in [0.15, 0.2) is 0 Å². The Morgan fingerprint density at radius 2 is 2.09 bits per heavy atom. The minimum Gasteiger partial charge on any atom is -0.342 e. The van der Waals surface area contributed by atoms with Crippen molar-refractivity contribution in [3.63, 3.8) is 0 Å². The Labute approximate surface area is 141 Å². The molecule has 1 aliphatic carbocycles. The van der Waals surface area contributed by atoms with Gasteiger partial charge in [-0.1, -0.05) is 0 Å². The fourth-order valence-electron chi connectivity index (χ4n) is 3.90. The summed E-state index contributed by atoms with van der Waals surface area (Å²) < 4.78 is 26.9. The third-order valence-corrected chi connectivity index (χ3v) is 8.12. The third kappa shape index (κ3) is 2.72. The van der Waals surface area contributed by atoms with Gasteiger partial charge in [0.05, 0.1) is 10.3 Å². The summed E-state index contributed by atoms with van der Waals surface area (Å²) in [5, 5.41) is 3.45. The second-order valence-electron chi connectivity index (χ2n) is 7.13. The van der Waals surface area contributed by atoms with Crippen molar-refractivity contribution in [1.82, 2.24) is 9.21 Å². The van der Waals surface area contributed by atoms with Crippen LogP contribution in [-0.4, -0.2) is 49.7 Å². The Bertz CT molecular complexity index is 697. The van der Waals surface area contributed by atoms with Crippen LogP contribution in [0.4, 0.5) is 0 Å². The van der Waals surface area contributed by atoms with Gasteiger partial charge in [0.1, 0.15) is 0 Å². The summed E-state index contributed by atoms with van der Waals surface area (Å²) in [4.78, 5) is 15.3. The first kappa shape index (κ1) is 15.6. The van der Waals surface area contributed by atoms with Crippen molar-refractivity contribution in [2.24, 2.45) is 11.3 Å². The lowest BCUT2D eigenvalue weighted by Crippen LogP contribution is -2.50. The molecule has 1 aromatic heterocycles. The van der Waals surface area contributed by atoms with Gasteiger partial charge in [-0.3, -0.25) is 4.79 Å². The molecule has 0 bridgehead atoms. The molecule has 1 spiro atoms. The topological polar surface area (TPSA) is 57.7 Å². The van der Waals surface area contributed by atoms with Crippen molar-refractivity contribution >= 4 is 27.3 Å². The highest BCUT2D eigenvalue weighted by molar-refractivity contribution is 7.89. The third-order valence-electron chi connectivity index (χ3n) is 5.45. The lowest BCUT2D eigenvalue weighted by atomic mass is 9.78. The van der Waals surface area contributed by atoms with Crippen LogP contribution in [0.5, 0.6) is 0 Å². The maximum absolute atomic E-state index is 13.0. The molecule has 1 atom stereocenters. The molecule has 0 aromatic carbocycles. The second kappa shape index (κ2) is 5.57. The molecule has 5 nitrogen and oxygen atoms in total. The Morgan fingerprint density at radius 3 is 2.78 bits per heavy atom. The predicted molar refractivity (Wildman–Crippen MR) is 88.7 cm³/mol. The number of likely N-dealkylation sites (tertiary alicyclic amines) is 1. The molecule has 0 N–H and O–H groups in total. The second-order valence-corrected chi connectivity index (χ2v) is 9.84. The molecule has 0 radical (unpaired) electrons. The van der Waals surface area contributed by atoms with E-state index in [1.54, 1.807) is 16.8 Å². The summed E-state index contributed by atoms with van der Waals surface area (Å²) in [6.07, 6.45) is 4.94. The zero-order valence-corrected chi connectivity index (χ0v) is 14.7. The largest absolute Gasteiger partial charge is 0.342 e. The molecule has 3 fully saturated rings. The van der Waals surface area contributed by atoms with Crippen molar-refractivity contribution < 1.29 is 13.2 Å². The monoisotopic (exact) mass is 354 g/mol. The summed E-state index contributed by atoms with van der Waals surface area (Å²) >= 11 is 1.39. The van der Waals surface area contributed by atoms with E-state index in [0.717, 1.165) is 25.9 Å². The average Bonchev–Trinajstić information content (AvgIpc) is 3.04. The van der Waals surface area contributed by atoms with E-state index in [9.17, 15) is 13.2 Å². The van der Waals surface area contributed by atoms with Crippen molar-refractivity contribution in [3.8, 4) is 0 Å². The zero-order valence-electron chi connectivity index (χ0n) is 13.1. The minimum absolute atomic E-state index is 0.193. The van der Waals surface area contributed by atoms with Crippen molar-refractivity contribution in [3.05, 3.63) is 16.8 Å². The highest BCUT2D eigenvalue weighted by Gasteiger charge is 2.51. The minimum atomic E-state index is -3.45. The number of rotatable bonds is 4. The number of hydrogen-bond donors (Lipinski definition) is 0. The molecule has 1 unspecified atom stereocenters. The number of nitrogens with zero attached hydrogens (tertiary/aromatic N) is 2. The van der Waals surface area contributed by atoms with Crippen molar-refractivity contribution in [1.29, 1.82) is 0 Å². The van der Waals surface area contributed by atoms with E-state index in [0.29, 0.717) is 30.3 Å². The highest BCUT2D eigenvalue weighted by Crippen LogP contribution is 2.43. The summed E-state index contributed by atoms with van der Waals surface area (Å²) in [5.74, 6) is 0.875. The normalized spacial score (nSPS) is 29.6. The molecule has 126 valence electrons. The van der Waals surface area contributed by atoms with E-state index in [4.69, 9.17) is 0 Å². The Kier molecular flexibility index (Phi) is 3.77. The number of amides is 1. The average molecular weight is 354 g/mol. The van der Waals surface area contributed by atoms with E-state index in [1.165, 1.54) is 28.5 Å². The molecule has 3 heterocycles. The van der Waals surface area contributed by atoms with Gasteiger partial charge in [-0.05, 0) is 49.5 Å². The summed E-state index contributed by atoms with van der Waals surface area (Å²) in [5.41, 5.74) is -0.476. The molecule has 3 aliphatic rings. The molecule has 7 heteroatoms. The van der Waals surface area contributed by atoms with Gasteiger partial charge in [0, 0.05) is 31.6 Å². The highest BCUT2D eigenvalue weighted by atomic mass is 32.2. The van der Waals surface area contributed by atoms with Gasteiger partial charge in [-0.15, -0.1) is 0 Å². The van der Waals surface area contributed by atoms with Crippen LogP contribution in [0.2, 0.25) is 0 Å². The number of piperidine rings is 1. The summed E-state index contributed by atoms with van der Waals surface area (Å²) in [7, 11) is -3.45. The number of carbonyl (C=O) groups is 1. The SMILES string of the molecule is O=C1N(CC2CC2)CCCC12CCN(S(=O)(=O)c1ccsc1)C2. The Balaban J connectivity index is 1.53. The fourth-order valence-corrected chi connectivity index (χ4v) is 6.45. The van der Waals surface area contributed by atoms with Gasteiger partial charge in [0.25, 0.3) is 0 Å². The number of thiophene rings is 1. The molecule has 2 aliphatic heterocycles. The van der Waals surface area contributed by atoms with E-state index in [1.807, 2.05) is 4.90 Å². The molecular formula is C16H22N2O3S2. The molecule has 4 rings (SSSR count). The van der Waals surface area contributed by atoms with E-state index in [2.05, 4.69) is 0 Å². The lowest BCUT2D eigenvalue weighted by Gasteiger charge is -2.39. The van der Waals surface area contributed by atoms with E-state index >= 15 is 0 Å². The van der Waals surface area contributed by atoms with Gasteiger partial charge < -0.3 is 4.90 Å². The number of sulfonamides is 1. The van der Waals surface area contributed by atoms with Gasteiger partial charge in [0.2, 0.25) is 15.9 Å². The quantitative estimate of drug-likeness (QED) is 0.832. The Hall–Kier alpha value is -0.920. The van der Waals surface area contributed by atoms with Gasteiger partial charge in [-0.25, -0.2) is 8.42 Å². The van der Waals surface area contributed by atoms with Crippen LogP contribution in [0.1, 0.15) is 32.1 Å². The van der Waals surface area contributed by atoms with Gasteiger partial charge in [-0.2, -0.15) is 15.6 Å². The first-order valence-electron chi connectivity index (χ1n) is 8.33. The number of hydrogen-bond acceptors (Lipinski definition) is 4. The zero-order chi connectivity index (χ0) is 16.1. The molecule has 23 heavy (non-hydrogen) atoms. The Morgan fingerprint density at radius 1 is 1.26 bits per heavy atom. The smallest absolute Gasteiger partial charge is 0.243 e. The van der Waals surface area contributed by atoms with Crippen LogP contribution in [0.3, 0.4) is 0 Å². The van der Waals surface area contributed by atoms with Crippen molar-refractivity contribution in [2.45, 2.75) is 37.0 Å². The standard InChI is InChI=1S/C16H22N2O3S2/c19-15-16(5-1-7-17(15)10-13-2-3-13)6-8-18(12-16)23(20,21)14-4-9-22-11-14/h4,9,11,13H,1-3,5-8,10,12H2. The molecule has 1 amide bonds. The van der Waals surface area contributed by atoms with Crippen molar-refractivity contribution in [2.75, 3.05) is 26.2 Å². The summed E-state index contributed by atoms with van der Waals surface area (Å²) in [6.45, 7) is 2.53. The van der Waals surface area contributed by atoms with Crippen LogP contribution in [0.25, 0.3) is 0 Å². The van der Waals surface area contributed by atoms with Crippen LogP contribution in [0, 0.1) is 11.3 Å². The molecule has 1 aromatic rings. The lowest BCUT2D eigenvalue weighted by molar-refractivity contribution is -0.145. The molecular weight excluding hydrogens is 332 g/mol. The molecule has 1 saturated carbocycles. The van der Waals surface area contributed by atoms with Crippen LogP contribution >= 0.6 is 11.3 Å². The van der Waals surface area contributed by atoms with E-state index < -0.39 is 15.4 Å². The summed E-state index contributed by atoms with van der Waals surface area (Å²) in [6, 6.07) is 1.65. The van der Waals surface area contributed by atoms with Gasteiger partial charge >= 0.3 is 0 Å². The first-order chi connectivity index (χ1) is 11.0. The van der Waals surface area contributed by atoms with E-state index in [-0.39, 0.29) is 5.91 Å². The first-order valence-corrected chi connectivity index (χ1v) is 10.7. The number of carbonyl (C=O) groups excluding carboxylic acids is 1. The fraction of sp³-hybridized carbons (Fsp3) is 0.688. The predicted octanol–water partition coefficient (Wildman–Crippen LogP) is 2.16. The van der Waals surface area contributed by atoms with Crippen LogP contribution in [-0.2, 0) is 14.8 Å². The molecule has 2 saturated heterocycles. The maximum atomic E-state index is 13.0. The van der Waals surface area contributed by atoms with Crippen LogP contribution in [0.15, 0.2) is 21.7 Å². The maximum Gasteiger partial charge on any atom is 0.243 e. The van der Waals surface area contributed by atoms with Crippen LogP contribution < -0.4 is 0 Å².